The summed E-state index contributed by atoms with van der Waals surface area (Å²) in [5, 5.41) is 0.427. The van der Waals surface area contributed by atoms with Crippen molar-refractivity contribution in [3.8, 4) is 17.0 Å². The van der Waals surface area contributed by atoms with Crippen molar-refractivity contribution >= 4 is 33.0 Å². The summed E-state index contributed by atoms with van der Waals surface area (Å²) < 4.78 is 34.6. The zero-order valence-electron chi connectivity index (χ0n) is 15.6. The smallest absolute Gasteiger partial charge is 0.262 e. The fourth-order valence-corrected chi connectivity index (χ4v) is 4.04. The molecule has 8 nitrogen and oxygen atoms in total. The Kier molecular flexibility index (Phi) is 5.15. The first-order valence-electron chi connectivity index (χ1n) is 8.67. The number of nitrogens with one attached hydrogen (secondary N) is 1. The highest BCUT2D eigenvalue weighted by molar-refractivity contribution is 7.92. The van der Waals surface area contributed by atoms with E-state index in [1.807, 2.05) is 0 Å². The van der Waals surface area contributed by atoms with Gasteiger partial charge in [0.05, 0.1) is 12.0 Å². The number of benzene rings is 1. The Morgan fingerprint density at radius 1 is 1.03 bits per heavy atom. The zero-order chi connectivity index (χ0) is 21.3. The molecule has 3 aromatic heterocycles. The predicted octanol–water partition coefficient (Wildman–Crippen LogP) is 3.22. The fraction of sp³-hybridized carbons (Fsp3) is 0.0500. The van der Waals surface area contributed by atoms with Gasteiger partial charge in [-0.3, -0.25) is 13.9 Å². The molecule has 0 saturated carbocycles. The van der Waals surface area contributed by atoms with E-state index < -0.39 is 10.0 Å². The normalized spacial score (nSPS) is 11.4. The van der Waals surface area contributed by atoms with E-state index in [4.69, 9.17) is 16.3 Å². The van der Waals surface area contributed by atoms with Crippen molar-refractivity contribution in [1.29, 1.82) is 0 Å². The lowest BCUT2D eigenvalue weighted by molar-refractivity contribution is 0.400. The number of sulfonamides is 1. The molecule has 0 aliphatic carbocycles. The maximum absolute atomic E-state index is 12.8. The molecule has 0 unspecified atom stereocenters. The highest BCUT2D eigenvalue weighted by Gasteiger charge is 2.18. The highest BCUT2D eigenvalue weighted by atomic mass is 35.5. The van der Waals surface area contributed by atoms with Gasteiger partial charge in [-0.1, -0.05) is 11.6 Å². The summed E-state index contributed by atoms with van der Waals surface area (Å²) in [6, 6.07) is 12.2. The van der Waals surface area contributed by atoms with Crippen LogP contribution in [0.3, 0.4) is 0 Å². The van der Waals surface area contributed by atoms with Crippen LogP contribution >= 0.6 is 11.6 Å². The van der Waals surface area contributed by atoms with E-state index in [9.17, 15) is 13.2 Å². The Labute approximate surface area is 176 Å². The largest absolute Gasteiger partial charge is 0.480 e. The van der Waals surface area contributed by atoms with Crippen molar-refractivity contribution in [3.05, 3.63) is 82.5 Å². The molecule has 3 heterocycles. The predicted molar refractivity (Wildman–Crippen MR) is 114 cm³/mol. The van der Waals surface area contributed by atoms with Gasteiger partial charge in [0.25, 0.3) is 15.6 Å². The van der Waals surface area contributed by atoms with Gasteiger partial charge in [0, 0.05) is 40.8 Å². The van der Waals surface area contributed by atoms with Gasteiger partial charge in [-0.05, 0) is 42.5 Å². The lowest BCUT2D eigenvalue weighted by Gasteiger charge is -2.13. The van der Waals surface area contributed by atoms with Crippen LogP contribution in [0.25, 0.3) is 16.8 Å². The van der Waals surface area contributed by atoms with E-state index in [1.165, 1.54) is 54.2 Å². The van der Waals surface area contributed by atoms with Crippen molar-refractivity contribution in [3.63, 3.8) is 0 Å². The van der Waals surface area contributed by atoms with Crippen LogP contribution in [0.15, 0.2) is 76.8 Å². The molecular weight excluding hydrogens is 428 g/mol. The molecule has 4 aromatic rings. The minimum Gasteiger partial charge on any atom is -0.480 e. The van der Waals surface area contributed by atoms with Gasteiger partial charge in [-0.15, -0.1) is 0 Å². The van der Waals surface area contributed by atoms with Crippen LogP contribution in [-0.4, -0.2) is 29.9 Å². The van der Waals surface area contributed by atoms with Gasteiger partial charge in [-0.2, -0.15) is 0 Å². The maximum Gasteiger partial charge on any atom is 0.262 e. The molecule has 4 rings (SSSR count). The molecule has 30 heavy (non-hydrogen) atoms. The molecule has 0 bridgehead atoms. The van der Waals surface area contributed by atoms with Crippen LogP contribution < -0.4 is 15.0 Å². The summed E-state index contributed by atoms with van der Waals surface area (Å²) in [4.78, 5) is 20.5. The average molecular weight is 443 g/mol. The lowest BCUT2D eigenvalue weighted by Crippen LogP contribution is -2.14. The Bertz CT molecular complexity index is 1400. The fourth-order valence-electron chi connectivity index (χ4n) is 2.87. The summed E-state index contributed by atoms with van der Waals surface area (Å²) in [6.45, 7) is 0. The van der Waals surface area contributed by atoms with Gasteiger partial charge in [-0.25, -0.2) is 18.4 Å². The van der Waals surface area contributed by atoms with Crippen LogP contribution in [0.5, 0.6) is 5.88 Å². The third-order valence-corrected chi connectivity index (χ3v) is 5.97. The molecule has 1 N–H and O–H groups in total. The number of aromatic nitrogens is 3. The Balaban J connectivity index is 1.76. The number of pyridine rings is 2. The molecule has 0 spiro atoms. The van der Waals surface area contributed by atoms with Crippen molar-refractivity contribution in [2.45, 2.75) is 4.90 Å². The van der Waals surface area contributed by atoms with Gasteiger partial charge in [0.15, 0.2) is 0 Å². The molecule has 152 valence electrons. The number of nitrogens with zero attached hydrogens (tertiary/aromatic N) is 3. The molecule has 1 aromatic carbocycles. The molecular formula is C20H15ClN4O4S. The van der Waals surface area contributed by atoms with Gasteiger partial charge >= 0.3 is 0 Å². The van der Waals surface area contributed by atoms with E-state index in [0.717, 1.165) is 0 Å². The van der Waals surface area contributed by atoms with E-state index >= 15 is 0 Å². The second-order valence-corrected chi connectivity index (χ2v) is 8.39. The second-order valence-electron chi connectivity index (χ2n) is 6.27. The van der Waals surface area contributed by atoms with Crippen LogP contribution in [0.2, 0.25) is 5.02 Å². The second kappa shape index (κ2) is 7.77. The molecule has 0 aliphatic heterocycles. The van der Waals surface area contributed by atoms with E-state index in [1.54, 1.807) is 24.4 Å². The number of ether oxygens (including phenoxy) is 1. The van der Waals surface area contributed by atoms with Crippen molar-refractivity contribution in [1.82, 2.24) is 14.4 Å². The SMILES string of the molecule is COc1ncc(-c2ccc3nccc(=O)n3c2)cc1NS(=O)(=O)c1ccc(Cl)cc1. The summed E-state index contributed by atoms with van der Waals surface area (Å²) in [5.41, 5.74) is 1.66. The summed E-state index contributed by atoms with van der Waals surface area (Å²) >= 11 is 5.84. The summed E-state index contributed by atoms with van der Waals surface area (Å²) in [7, 11) is -2.50. The maximum atomic E-state index is 12.8. The van der Waals surface area contributed by atoms with Crippen molar-refractivity contribution in [2.75, 3.05) is 11.8 Å². The standard InChI is InChI=1S/C20H15ClN4O4S/c1-29-20-17(24-30(27,28)16-5-3-15(21)4-6-16)10-14(11-23-20)13-2-7-18-22-9-8-19(26)25(18)12-13/h2-12,24H,1H3. The average Bonchev–Trinajstić information content (AvgIpc) is 2.74. The molecule has 0 fully saturated rings. The van der Waals surface area contributed by atoms with Gasteiger partial charge in [0.2, 0.25) is 5.88 Å². The minimum atomic E-state index is -3.90. The molecule has 0 amide bonds. The third kappa shape index (κ3) is 3.85. The topological polar surface area (TPSA) is 103 Å². The minimum absolute atomic E-state index is 0.0442. The number of hydrogen-bond acceptors (Lipinski definition) is 6. The first kappa shape index (κ1) is 19.9. The summed E-state index contributed by atoms with van der Waals surface area (Å²) in [5.74, 6) is 0.107. The monoisotopic (exact) mass is 442 g/mol. The molecule has 10 heteroatoms. The third-order valence-electron chi connectivity index (χ3n) is 4.33. The van der Waals surface area contributed by atoms with Crippen LogP contribution in [0, 0.1) is 0 Å². The highest BCUT2D eigenvalue weighted by Crippen LogP contribution is 2.30. The molecule has 0 atom stereocenters. The van der Waals surface area contributed by atoms with Crippen molar-refractivity contribution in [2.24, 2.45) is 0 Å². The van der Waals surface area contributed by atoms with Crippen LogP contribution in [-0.2, 0) is 10.0 Å². The lowest BCUT2D eigenvalue weighted by atomic mass is 10.1. The Hall–Kier alpha value is -3.43. The quantitative estimate of drug-likeness (QED) is 0.509. The van der Waals surface area contributed by atoms with Gasteiger partial charge in [0.1, 0.15) is 11.3 Å². The number of methoxy groups -OCH3 is 1. The molecule has 0 saturated heterocycles. The first-order valence-corrected chi connectivity index (χ1v) is 10.5. The zero-order valence-corrected chi connectivity index (χ0v) is 17.2. The van der Waals surface area contributed by atoms with Crippen molar-refractivity contribution < 1.29 is 13.2 Å². The number of fused-ring (bicyclic) bond motifs is 1. The number of rotatable bonds is 5. The molecule has 0 radical (unpaired) electrons. The van der Waals surface area contributed by atoms with Gasteiger partial charge < -0.3 is 4.74 Å². The van der Waals surface area contributed by atoms with E-state index in [2.05, 4.69) is 14.7 Å². The molecule has 0 aliphatic rings. The van der Waals surface area contributed by atoms with E-state index in [0.29, 0.717) is 21.8 Å². The summed E-state index contributed by atoms with van der Waals surface area (Å²) in [6.07, 6.45) is 4.59. The first-order chi connectivity index (χ1) is 14.4. The number of anilines is 1. The number of halogens is 1. The Morgan fingerprint density at radius 3 is 2.53 bits per heavy atom. The Morgan fingerprint density at radius 2 is 1.80 bits per heavy atom. The van der Waals surface area contributed by atoms with Crippen LogP contribution in [0.4, 0.5) is 5.69 Å². The number of hydrogen-bond donors (Lipinski definition) is 1. The van der Waals surface area contributed by atoms with E-state index in [-0.39, 0.29) is 22.0 Å². The van der Waals surface area contributed by atoms with Crippen LogP contribution in [0.1, 0.15) is 0 Å².